The van der Waals surface area contributed by atoms with E-state index in [1.807, 2.05) is 19.1 Å². The number of ether oxygens (including phenoxy) is 1. The minimum absolute atomic E-state index is 0.138. The highest BCUT2D eigenvalue weighted by molar-refractivity contribution is 6.31. The van der Waals surface area contributed by atoms with Gasteiger partial charge in [0.2, 0.25) is 0 Å². The van der Waals surface area contributed by atoms with Crippen LogP contribution in [0.3, 0.4) is 0 Å². The van der Waals surface area contributed by atoms with Gasteiger partial charge in [-0.15, -0.1) is 5.10 Å². The number of esters is 1. The summed E-state index contributed by atoms with van der Waals surface area (Å²) in [7, 11) is 0. The molecule has 3 aromatic rings. The van der Waals surface area contributed by atoms with E-state index in [-0.39, 0.29) is 12.3 Å². The molecule has 0 aliphatic rings. The maximum Gasteiger partial charge on any atom is 0.361 e. The summed E-state index contributed by atoms with van der Waals surface area (Å²) in [6, 6.07) is 12.6. The molecular weight excluding hydrogens is 361 g/mol. The zero-order chi connectivity index (χ0) is 18.0. The van der Waals surface area contributed by atoms with Crippen LogP contribution < -0.4 is 0 Å². The molecule has 5 nitrogen and oxygen atoms in total. The van der Waals surface area contributed by atoms with Crippen LogP contribution in [0.5, 0.6) is 0 Å². The van der Waals surface area contributed by atoms with Crippen LogP contribution >= 0.6 is 23.2 Å². The van der Waals surface area contributed by atoms with E-state index < -0.39 is 5.97 Å². The van der Waals surface area contributed by atoms with Crippen LogP contribution in [0, 0.1) is 13.8 Å². The highest BCUT2D eigenvalue weighted by atomic mass is 35.5. The summed E-state index contributed by atoms with van der Waals surface area (Å²) in [5.74, 6) is -0.531. The molecule has 0 aliphatic heterocycles. The number of halogens is 2. The van der Waals surface area contributed by atoms with E-state index in [1.54, 1.807) is 41.9 Å². The summed E-state index contributed by atoms with van der Waals surface area (Å²) >= 11 is 12.0. The molecule has 1 heterocycles. The highest BCUT2D eigenvalue weighted by Crippen LogP contribution is 2.21. The molecule has 3 rings (SSSR count). The highest BCUT2D eigenvalue weighted by Gasteiger charge is 2.19. The molecule has 0 unspecified atom stereocenters. The van der Waals surface area contributed by atoms with Crippen molar-refractivity contribution < 1.29 is 9.53 Å². The third-order valence-electron chi connectivity index (χ3n) is 3.77. The van der Waals surface area contributed by atoms with Gasteiger partial charge in [0, 0.05) is 10.0 Å². The van der Waals surface area contributed by atoms with E-state index in [4.69, 9.17) is 27.9 Å². The lowest BCUT2D eigenvalue weighted by Crippen LogP contribution is -2.08. The lowest BCUT2D eigenvalue weighted by molar-refractivity contribution is 0.0464. The van der Waals surface area contributed by atoms with Crippen molar-refractivity contribution in [2.75, 3.05) is 0 Å². The van der Waals surface area contributed by atoms with Crippen LogP contribution in [-0.4, -0.2) is 21.0 Å². The Morgan fingerprint density at radius 2 is 1.84 bits per heavy atom. The average molecular weight is 376 g/mol. The molecular formula is C18H15Cl2N3O2. The fourth-order valence-electron chi connectivity index (χ4n) is 2.27. The summed E-state index contributed by atoms with van der Waals surface area (Å²) in [4.78, 5) is 12.3. The van der Waals surface area contributed by atoms with Gasteiger partial charge in [-0.1, -0.05) is 46.6 Å². The average Bonchev–Trinajstić information content (AvgIpc) is 2.98. The number of aromatic nitrogens is 3. The molecule has 0 fully saturated rings. The molecule has 2 aromatic carbocycles. The van der Waals surface area contributed by atoms with Gasteiger partial charge < -0.3 is 4.74 Å². The van der Waals surface area contributed by atoms with Crippen LogP contribution in [-0.2, 0) is 11.3 Å². The maximum absolute atomic E-state index is 12.3. The number of aryl methyl sites for hydroxylation is 1. The van der Waals surface area contributed by atoms with Crippen molar-refractivity contribution in [1.29, 1.82) is 0 Å². The fourth-order valence-corrected chi connectivity index (χ4v) is 2.58. The first-order chi connectivity index (χ1) is 12.0. The molecule has 0 amide bonds. The van der Waals surface area contributed by atoms with Crippen molar-refractivity contribution >= 4 is 29.2 Å². The van der Waals surface area contributed by atoms with E-state index in [0.717, 1.165) is 16.8 Å². The maximum atomic E-state index is 12.3. The van der Waals surface area contributed by atoms with E-state index in [0.29, 0.717) is 15.7 Å². The Labute approximate surface area is 155 Å². The molecule has 25 heavy (non-hydrogen) atoms. The van der Waals surface area contributed by atoms with Gasteiger partial charge in [-0.05, 0) is 49.2 Å². The van der Waals surface area contributed by atoms with Crippen LogP contribution in [0.2, 0.25) is 10.0 Å². The Morgan fingerprint density at radius 1 is 1.12 bits per heavy atom. The van der Waals surface area contributed by atoms with Gasteiger partial charge in [0.25, 0.3) is 0 Å². The number of carbonyl (C=O) groups excluding carboxylic acids is 1. The number of carbonyl (C=O) groups is 1. The first-order valence-electron chi connectivity index (χ1n) is 7.56. The van der Waals surface area contributed by atoms with Crippen LogP contribution in [0.25, 0.3) is 5.69 Å². The van der Waals surface area contributed by atoms with Crippen molar-refractivity contribution in [3.8, 4) is 5.69 Å². The molecule has 0 aliphatic carbocycles. The van der Waals surface area contributed by atoms with Crippen molar-refractivity contribution in [1.82, 2.24) is 15.0 Å². The van der Waals surface area contributed by atoms with Gasteiger partial charge in [0.05, 0.1) is 11.4 Å². The second-order valence-corrected chi connectivity index (χ2v) is 6.41. The predicted molar refractivity (Wildman–Crippen MR) is 96.4 cm³/mol. The first-order valence-corrected chi connectivity index (χ1v) is 8.31. The van der Waals surface area contributed by atoms with E-state index in [2.05, 4.69) is 10.3 Å². The second kappa shape index (κ2) is 7.25. The number of benzene rings is 2. The Bertz CT molecular complexity index is 921. The molecule has 128 valence electrons. The van der Waals surface area contributed by atoms with Crippen molar-refractivity contribution in [2.24, 2.45) is 0 Å². The predicted octanol–water partition coefficient (Wildman–Crippen LogP) is 4.55. The molecule has 0 spiro atoms. The normalized spacial score (nSPS) is 10.7. The molecule has 0 N–H and O–H groups in total. The molecule has 0 atom stereocenters. The number of nitrogens with zero attached hydrogens (tertiary/aromatic N) is 3. The third kappa shape index (κ3) is 3.83. The lowest BCUT2D eigenvalue weighted by Gasteiger charge is -2.06. The van der Waals surface area contributed by atoms with Crippen molar-refractivity contribution in [3.63, 3.8) is 0 Å². The summed E-state index contributed by atoms with van der Waals surface area (Å²) < 4.78 is 6.86. The fraction of sp³-hybridized carbons (Fsp3) is 0.167. The SMILES string of the molecule is Cc1ccc(-n2nnc(C(=O)OCc3ccc(Cl)cc3)c2C)cc1Cl. The Kier molecular flexibility index (Phi) is 5.06. The molecule has 0 saturated carbocycles. The minimum Gasteiger partial charge on any atom is -0.456 e. The zero-order valence-corrected chi connectivity index (χ0v) is 15.2. The summed E-state index contributed by atoms with van der Waals surface area (Å²) in [6.07, 6.45) is 0. The zero-order valence-electron chi connectivity index (χ0n) is 13.7. The van der Waals surface area contributed by atoms with Gasteiger partial charge >= 0.3 is 5.97 Å². The molecule has 0 radical (unpaired) electrons. The molecule has 0 bridgehead atoms. The number of hydrogen-bond acceptors (Lipinski definition) is 4. The monoisotopic (exact) mass is 375 g/mol. The van der Waals surface area contributed by atoms with E-state index in [1.165, 1.54) is 0 Å². The topological polar surface area (TPSA) is 57.0 Å². The Balaban J connectivity index is 1.76. The van der Waals surface area contributed by atoms with Crippen LogP contribution in [0.4, 0.5) is 0 Å². The van der Waals surface area contributed by atoms with Crippen LogP contribution in [0.1, 0.15) is 27.3 Å². The molecule has 7 heteroatoms. The van der Waals surface area contributed by atoms with Crippen LogP contribution in [0.15, 0.2) is 42.5 Å². The number of rotatable bonds is 4. The second-order valence-electron chi connectivity index (χ2n) is 5.57. The van der Waals surface area contributed by atoms with Gasteiger partial charge in [-0.3, -0.25) is 0 Å². The standard InChI is InChI=1S/C18H15Cl2N3O2/c1-11-3-8-15(9-16(11)20)23-12(2)17(21-22-23)18(24)25-10-13-4-6-14(19)7-5-13/h3-9H,10H2,1-2H3. The molecule has 0 saturated heterocycles. The summed E-state index contributed by atoms with van der Waals surface area (Å²) in [5.41, 5.74) is 3.29. The van der Waals surface area contributed by atoms with Crippen molar-refractivity contribution in [2.45, 2.75) is 20.5 Å². The minimum atomic E-state index is -0.531. The summed E-state index contributed by atoms with van der Waals surface area (Å²) in [6.45, 7) is 3.81. The lowest BCUT2D eigenvalue weighted by atomic mass is 10.2. The van der Waals surface area contributed by atoms with Gasteiger partial charge in [-0.2, -0.15) is 0 Å². The van der Waals surface area contributed by atoms with Gasteiger partial charge in [-0.25, -0.2) is 9.48 Å². The van der Waals surface area contributed by atoms with Gasteiger partial charge in [0.1, 0.15) is 6.61 Å². The van der Waals surface area contributed by atoms with Gasteiger partial charge in [0.15, 0.2) is 5.69 Å². The Morgan fingerprint density at radius 3 is 2.52 bits per heavy atom. The number of hydrogen-bond donors (Lipinski definition) is 0. The van der Waals surface area contributed by atoms with E-state index in [9.17, 15) is 4.79 Å². The molecule has 1 aromatic heterocycles. The van der Waals surface area contributed by atoms with E-state index >= 15 is 0 Å². The first kappa shape index (κ1) is 17.5. The third-order valence-corrected chi connectivity index (χ3v) is 4.43. The Hall–Kier alpha value is -2.37. The summed E-state index contributed by atoms with van der Waals surface area (Å²) in [5, 5.41) is 9.23. The largest absolute Gasteiger partial charge is 0.456 e. The van der Waals surface area contributed by atoms with Crippen molar-refractivity contribution in [3.05, 3.63) is 75.0 Å². The quantitative estimate of drug-likeness (QED) is 0.627. The smallest absolute Gasteiger partial charge is 0.361 e.